The summed E-state index contributed by atoms with van der Waals surface area (Å²) in [4.78, 5) is 2.97. The molecule has 0 fully saturated rings. The molecule has 1 aliphatic carbocycles. The highest BCUT2D eigenvalue weighted by Crippen LogP contribution is 2.34. The molecule has 1 aliphatic rings. The number of rotatable bonds is 3. The van der Waals surface area contributed by atoms with Gasteiger partial charge in [-0.2, -0.15) is 0 Å². The molecule has 106 valence electrons. The number of hydrogen-bond donors (Lipinski definition) is 1. The molecule has 0 saturated heterocycles. The third kappa shape index (κ3) is 3.13. The Morgan fingerprint density at radius 2 is 1.75 bits per heavy atom. The predicted molar refractivity (Wildman–Crippen MR) is 89.5 cm³/mol. The zero-order chi connectivity index (χ0) is 14.1. The first-order valence-electron chi connectivity index (χ1n) is 6.96. The van der Waals surface area contributed by atoms with Crippen molar-refractivity contribution >= 4 is 40.2 Å². The molecular formula is C16H17Cl2NS. The minimum atomic E-state index is 0.278. The van der Waals surface area contributed by atoms with Crippen molar-refractivity contribution in [2.75, 3.05) is 5.32 Å². The lowest BCUT2D eigenvalue weighted by molar-refractivity contribution is 0.696. The number of hydrogen-bond acceptors (Lipinski definition) is 2. The van der Waals surface area contributed by atoms with Gasteiger partial charge in [-0.25, -0.2) is 0 Å². The van der Waals surface area contributed by atoms with Gasteiger partial charge in [-0.05, 0) is 62.4 Å². The van der Waals surface area contributed by atoms with Crippen molar-refractivity contribution in [3.05, 3.63) is 49.6 Å². The van der Waals surface area contributed by atoms with Gasteiger partial charge in [0, 0.05) is 25.5 Å². The van der Waals surface area contributed by atoms with Crippen molar-refractivity contribution in [3.8, 4) is 0 Å². The smallest absolute Gasteiger partial charge is 0.0578 e. The second-order valence-corrected chi connectivity index (χ2v) is 7.37. The van der Waals surface area contributed by atoms with Crippen LogP contribution in [0.5, 0.6) is 0 Å². The highest BCUT2D eigenvalue weighted by atomic mass is 35.5. The topological polar surface area (TPSA) is 12.0 Å². The van der Waals surface area contributed by atoms with Crippen LogP contribution in [0.4, 0.5) is 5.69 Å². The predicted octanol–water partition coefficient (Wildman–Crippen LogP) is 6.11. The standard InChI is InChI=1S/C16H17Cl2NS/c1-10(19-14-8-12(17)7-13(18)9-14)16-6-11-4-2-3-5-15(11)20-16/h6-10,19H,2-5H2,1H3. The first-order chi connectivity index (χ1) is 9.61. The third-order valence-electron chi connectivity index (χ3n) is 3.69. The first kappa shape index (κ1) is 14.2. The molecule has 20 heavy (non-hydrogen) atoms. The molecule has 1 heterocycles. The molecule has 0 spiro atoms. The Labute approximate surface area is 133 Å². The zero-order valence-electron chi connectivity index (χ0n) is 11.4. The molecule has 4 heteroatoms. The molecule has 1 aromatic heterocycles. The van der Waals surface area contributed by atoms with E-state index in [1.165, 1.54) is 30.6 Å². The van der Waals surface area contributed by atoms with E-state index in [0.29, 0.717) is 10.0 Å². The Balaban J connectivity index is 1.78. The maximum absolute atomic E-state index is 6.04. The summed E-state index contributed by atoms with van der Waals surface area (Å²) >= 11 is 14.0. The van der Waals surface area contributed by atoms with Crippen LogP contribution in [0, 0.1) is 0 Å². The summed E-state index contributed by atoms with van der Waals surface area (Å²) in [6.07, 6.45) is 5.14. The summed E-state index contributed by atoms with van der Waals surface area (Å²) < 4.78 is 0. The number of nitrogens with one attached hydrogen (secondary N) is 1. The lowest BCUT2D eigenvalue weighted by atomic mass is 9.99. The lowest BCUT2D eigenvalue weighted by Crippen LogP contribution is -2.04. The van der Waals surface area contributed by atoms with E-state index < -0.39 is 0 Å². The molecule has 1 atom stereocenters. The average Bonchev–Trinajstić information content (AvgIpc) is 2.81. The highest BCUT2D eigenvalue weighted by molar-refractivity contribution is 7.12. The fourth-order valence-corrected chi connectivity index (χ4v) is 4.47. The van der Waals surface area contributed by atoms with Gasteiger partial charge >= 0.3 is 0 Å². The van der Waals surface area contributed by atoms with Gasteiger partial charge in [-0.1, -0.05) is 23.2 Å². The van der Waals surface area contributed by atoms with Gasteiger partial charge in [-0.15, -0.1) is 11.3 Å². The Hall–Kier alpha value is -0.700. The molecule has 3 rings (SSSR count). The van der Waals surface area contributed by atoms with Gasteiger partial charge < -0.3 is 5.32 Å². The minimum absolute atomic E-state index is 0.278. The monoisotopic (exact) mass is 325 g/mol. The summed E-state index contributed by atoms with van der Waals surface area (Å²) in [7, 11) is 0. The maximum Gasteiger partial charge on any atom is 0.0578 e. The second kappa shape index (κ2) is 5.97. The molecule has 0 bridgehead atoms. The van der Waals surface area contributed by atoms with Crippen molar-refractivity contribution in [1.29, 1.82) is 0 Å². The number of benzene rings is 1. The van der Waals surface area contributed by atoms with Crippen molar-refractivity contribution in [3.63, 3.8) is 0 Å². The van der Waals surface area contributed by atoms with Crippen LogP contribution in [0.1, 0.15) is 41.1 Å². The Bertz CT molecular complexity index is 577. The molecular weight excluding hydrogens is 309 g/mol. The molecule has 0 saturated carbocycles. The van der Waals surface area contributed by atoms with Gasteiger partial charge in [0.05, 0.1) is 6.04 Å². The number of aryl methyl sites for hydroxylation is 2. The van der Waals surface area contributed by atoms with Crippen LogP contribution in [-0.2, 0) is 12.8 Å². The van der Waals surface area contributed by atoms with Gasteiger partial charge in [0.2, 0.25) is 0 Å². The van der Waals surface area contributed by atoms with E-state index in [2.05, 4.69) is 18.3 Å². The zero-order valence-corrected chi connectivity index (χ0v) is 13.7. The molecule has 0 amide bonds. The summed E-state index contributed by atoms with van der Waals surface area (Å²) in [6.45, 7) is 2.19. The van der Waals surface area contributed by atoms with Crippen LogP contribution in [0.15, 0.2) is 24.3 Å². The van der Waals surface area contributed by atoms with Crippen LogP contribution >= 0.6 is 34.5 Å². The molecule has 1 nitrogen and oxygen atoms in total. The molecule has 1 unspecified atom stereocenters. The van der Waals surface area contributed by atoms with Gasteiger partial charge in [0.1, 0.15) is 0 Å². The second-order valence-electron chi connectivity index (χ2n) is 5.33. The fraction of sp³-hybridized carbons (Fsp3) is 0.375. The quantitative estimate of drug-likeness (QED) is 0.718. The van der Waals surface area contributed by atoms with E-state index in [9.17, 15) is 0 Å². The molecule has 2 aromatic rings. The number of anilines is 1. The van der Waals surface area contributed by atoms with Gasteiger partial charge in [-0.3, -0.25) is 0 Å². The number of halogens is 2. The van der Waals surface area contributed by atoms with Crippen molar-refractivity contribution in [1.82, 2.24) is 0 Å². The highest BCUT2D eigenvalue weighted by Gasteiger charge is 2.16. The summed E-state index contributed by atoms with van der Waals surface area (Å²) in [5, 5.41) is 4.82. The number of fused-ring (bicyclic) bond motifs is 1. The normalized spacial score (nSPS) is 15.8. The van der Waals surface area contributed by atoms with Crippen molar-refractivity contribution < 1.29 is 0 Å². The average molecular weight is 326 g/mol. The van der Waals surface area contributed by atoms with Crippen LogP contribution in [-0.4, -0.2) is 0 Å². The van der Waals surface area contributed by atoms with Crippen molar-refractivity contribution in [2.24, 2.45) is 0 Å². The van der Waals surface area contributed by atoms with Crippen molar-refractivity contribution in [2.45, 2.75) is 38.6 Å². The van der Waals surface area contributed by atoms with Crippen LogP contribution in [0.2, 0.25) is 10.0 Å². The molecule has 0 aliphatic heterocycles. The fourth-order valence-electron chi connectivity index (χ4n) is 2.69. The largest absolute Gasteiger partial charge is 0.378 e. The molecule has 1 aromatic carbocycles. The maximum atomic E-state index is 6.04. The SMILES string of the molecule is CC(Nc1cc(Cl)cc(Cl)c1)c1cc2c(s1)CCCC2. The van der Waals surface area contributed by atoms with E-state index in [1.807, 2.05) is 23.5 Å². The van der Waals surface area contributed by atoms with Crippen LogP contribution in [0.25, 0.3) is 0 Å². The molecule has 1 N–H and O–H groups in total. The summed E-state index contributed by atoms with van der Waals surface area (Å²) in [6, 6.07) is 8.22. The minimum Gasteiger partial charge on any atom is -0.378 e. The third-order valence-corrected chi connectivity index (χ3v) is 5.54. The Morgan fingerprint density at radius 3 is 2.45 bits per heavy atom. The molecule has 0 radical (unpaired) electrons. The summed E-state index contributed by atoms with van der Waals surface area (Å²) in [5.41, 5.74) is 2.52. The first-order valence-corrected chi connectivity index (χ1v) is 8.53. The lowest BCUT2D eigenvalue weighted by Gasteiger charge is -2.14. The van der Waals surface area contributed by atoms with Crippen LogP contribution in [0.3, 0.4) is 0 Å². The van der Waals surface area contributed by atoms with Crippen LogP contribution < -0.4 is 5.32 Å². The number of thiophene rings is 1. The van der Waals surface area contributed by atoms with Gasteiger partial charge in [0.25, 0.3) is 0 Å². The summed E-state index contributed by atoms with van der Waals surface area (Å²) in [5.74, 6) is 0. The Kier molecular flexibility index (Phi) is 4.25. The van der Waals surface area contributed by atoms with E-state index in [-0.39, 0.29) is 6.04 Å². The van der Waals surface area contributed by atoms with E-state index >= 15 is 0 Å². The van der Waals surface area contributed by atoms with E-state index in [0.717, 1.165) is 5.69 Å². The van der Waals surface area contributed by atoms with E-state index in [4.69, 9.17) is 23.2 Å². The van der Waals surface area contributed by atoms with E-state index in [1.54, 1.807) is 16.5 Å². The Morgan fingerprint density at radius 1 is 1.05 bits per heavy atom. The van der Waals surface area contributed by atoms with Gasteiger partial charge in [0.15, 0.2) is 0 Å².